The molecule has 0 saturated carbocycles. The van der Waals surface area contributed by atoms with E-state index in [9.17, 15) is 14.4 Å². The Morgan fingerprint density at radius 1 is 1.18 bits per heavy atom. The zero-order valence-electron chi connectivity index (χ0n) is 14.5. The molecule has 3 rings (SSSR count). The molecule has 28 heavy (non-hydrogen) atoms. The molecule has 1 aromatic carbocycles. The predicted octanol–water partition coefficient (Wildman–Crippen LogP) is 2.16. The van der Waals surface area contributed by atoms with Crippen LogP contribution in [0.25, 0.3) is 5.69 Å². The highest BCUT2D eigenvalue weighted by molar-refractivity contribution is 6.42. The number of benzene rings is 1. The molecule has 0 radical (unpaired) electrons. The lowest BCUT2D eigenvalue weighted by Gasteiger charge is -2.30. The first-order valence-electron chi connectivity index (χ1n) is 8.30. The molecule has 1 aliphatic rings. The Bertz CT molecular complexity index is 986. The molecule has 1 saturated heterocycles. The first kappa shape index (κ1) is 20.0. The predicted molar refractivity (Wildman–Crippen MR) is 102 cm³/mol. The number of halogens is 2. The molecular formula is C17H16Cl2N4O5. The van der Waals surface area contributed by atoms with Crippen LogP contribution >= 0.6 is 23.2 Å². The van der Waals surface area contributed by atoms with E-state index in [1.54, 1.807) is 0 Å². The van der Waals surface area contributed by atoms with Gasteiger partial charge in [0.05, 0.1) is 21.8 Å². The molecule has 1 aromatic heterocycles. The first-order valence-corrected chi connectivity index (χ1v) is 9.06. The average Bonchev–Trinajstić information content (AvgIpc) is 2.64. The van der Waals surface area contributed by atoms with Crippen LogP contribution in [0.5, 0.6) is 5.75 Å². The van der Waals surface area contributed by atoms with Crippen molar-refractivity contribution in [3.63, 3.8) is 0 Å². The standard InChI is InChI=1S/C17H16Cl2N4O5/c18-11-2-1-9(7-12(11)19)23-14(24)8-13(15(21-23)16(20)25)28-10-3-5-22(6-4-10)17(26)27/h1-2,7-8,10H,3-6H2,(H2,20,25)(H,26,27). The first-order chi connectivity index (χ1) is 13.3. The van der Waals surface area contributed by atoms with Crippen LogP contribution in [0.3, 0.4) is 0 Å². The molecule has 9 nitrogen and oxygen atoms in total. The zero-order valence-corrected chi connectivity index (χ0v) is 16.0. The van der Waals surface area contributed by atoms with Gasteiger partial charge in [-0.25, -0.2) is 4.79 Å². The number of likely N-dealkylation sites (tertiary alicyclic amines) is 1. The van der Waals surface area contributed by atoms with Crippen LogP contribution in [0.2, 0.25) is 10.0 Å². The molecule has 2 heterocycles. The van der Waals surface area contributed by atoms with Crippen molar-refractivity contribution >= 4 is 35.2 Å². The maximum absolute atomic E-state index is 12.5. The third-order valence-electron chi connectivity index (χ3n) is 4.28. The summed E-state index contributed by atoms with van der Waals surface area (Å²) in [5.41, 5.74) is 4.94. The van der Waals surface area contributed by atoms with Gasteiger partial charge in [0, 0.05) is 25.9 Å². The summed E-state index contributed by atoms with van der Waals surface area (Å²) in [5.74, 6) is -0.908. The van der Waals surface area contributed by atoms with Crippen molar-refractivity contribution < 1.29 is 19.4 Å². The minimum Gasteiger partial charge on any atom is -0.488 e. The molecule has 0 aliphatic carbocycles. The van der Waals surface area contributed by atoms with Crippen LogP contribution in [0.15, 0.2) is 29.1 Å². The average molecular weight is 427 g/mol. The number of hydrogen-bond acceptors (Lipinski definition) is 5. The summed E-state index contributed by atoms with van der Waals surface area (Å²) in [7, 11) is 0. The van der Waals surface area contributed by atoms with Crippen molar-refractivity contribution in [3.8, 4) is 11.4 Å². The Morgan fingerprint density at radius 2 is 1.86 bits per heavy atom. The molecule has 0 unspecified atom stereocenters. The molecule has 1 fully saturated rings. The lowest BCUT2D eigenvalue weighted by molar-refractivity contribution is 0.0867. The minimum atomic E-state index is -0.998. The SMILES string of the molecule is NC(=O)c1nn(-c2ccc(Cl)c(Cl)c2)c(=O)cc1OC1CCN(C(=O)O)CC1. The van der Waals surface area contributed by atoms with Gasteiger partial charge in [-0.2, -0.15) is 9.78 Å². The van der Waals surface area contributed by atoms with E-state index in [2.05, 4.69) is 5.10 Å². The van der Waals surface area contributed by atoms with Crippen molar-refractivity contribution in [2.75, 3.05) is 13.1 Å². The highest BCUT2D eigenvalue weighted by Gasteiger charge is 2.26. The Balaban J connectivity index is 1.90. The summed E-state index contributed by atoms with van der Waals surface area (Å²) in [6.45, 7) is 0.583. The fourth-order valence-electron chi connectivity index (χ4n) is 2.85. The van der Waals surface area contributed by atoms with E-state index in [1.165, 1.54) is 23.1 Å². The molecule has 2 aromatic rings. The summed E-state index contributed by atoms with van der Waals surface area (Å²) >= 11 is 11.9. The summed E-state index contributed by atoms with van der Waals surface area (Å²) in [5, 5.41) is 13.5. The highest BCUT2D eigenvalue weighted by atomic mass is 35.5. The van der Waals surface area contributed by atoms with Gasteiger partial charge in [0.25, 0.3) is 11.5 Å². The van der Waals surface area contributed by atoms with Crippen LogP contribution < -0.4 is 16.0 Å². The molecule has 0 spiro atoms. The fourth-order valence-corrected chi connectivity index (χ4v) is 3.14. The fraction of sp³-hybridized carbons (Fsp3) is 0.294. The number of nitrogens with two attached hydrogens (primary N) is 1. The van der Waals surface area contributed by atoms with Gasteiger partial charge >= 0.3 is 6.09 Å². The van der Waals surface area contributed by atoms with E-state index >= 15 is 0 Å². The van der Waals surface area contributed by atoms with Crippen LogP contribution in [-0.4, -0.2) is 51.0 Å². The van der Waals surface area contributed by atoms with Gasteiger partial charge in [-0.05, 0) is 18.2 Å². The van der Waals surface area contributed by atoms with Gasteiger partial charge in [0.15, 0.2) is 11.4 Å². The van der Waals surface area contributed by atoms with Crippen molar-refractivity contribution in [3.05, 3.63) is 50.4 Å². The monoisotopic (exact) mass is 426 g/mol. The van der Waals surface area contributed by atoms with Crippen LogP contribution in [0.1, 0.15) is 23.3 Å². The van der Waals surface area contributed by atoms with E-state index in [0.717, 1.165) is 10.7 Å². The Kier molecular flexibility index (Phi) is 5.76. The Labute approximate surface area is 169 Å². The summed E-state index contributed by atoms with van der Waals surface area (Å²) < 4.78 is 6.72. The summed E-state index contributed by atoms with van der Waals surface area (Å²) in [6.07, 6.45) is -0.529. The second-order valence-electron chi connectivity index (χ2n) is 6.16. The van der Waals surface area contributed by atoms with Gasteiger partial charge in [0.1, 0.15) is 6.10 Å². The highest BCUT2D eigenvalue weighted by Crippen LogP contribution is 2.25. The van der Waals surface area contributed by atoms with E-state index in [4.69, 9.17) is 38.8 Å². The Hall–Kier alpha value is -2.78. The molecule has 3 N–H and O–H groups in total. The van der Waals surface area contributed by atoms with Gasteiger partial charge in [-0.15, -0.1) is 0 Å². The van der Waals surface area contributed by atoms with E-state index in [1.807, 2.05) is 0 Å². The van der Waals surface area contributed by atoms with Crippen LogP contribution in [0, 0.1) is 0 Å². The third kappa shape index (κ3) is 4.20. The molecule has 11 heteroatoms. The molecular weight excluding hydrogens is 411 g/mol. The van der Waals surface area contributed by atoms with E-state index < -0.39 is 17.6 Å². The number of hydrogen-bond donors (Lipinski definition) is 2. The van der Waals surface area contributed by atoms with Crippen LogP contribution in [0.4, 0.5) is 4.79 Å². The number of carboxylic acid groups (broad SMARTS) is 1. The topological polar surface area (TPSA) is 128 Å². The lowest BCUT2D eigenvalue weighted by Crippen LogP contribution is -2.41. The lowest BCUT2D eigenvalue weighted by atomic mass is 10.1. The number of primary amides is 1. The number of piperidine rings is 1. The summed E-state index contributed by atoms with van der Waals surface area (Å²) in [4.78, 5) is 36.6. The number of rotatable bonds is 4. The second kappa shape index (κ2) is 8.07. The second-order valence-corrected chi connectivity index (χ2v) is 6.97. The van der Waals surface area contributed by atoms with Crippen molar-refractivity contribution in [2.24, 2.45) is 5.73 Å². The maximum Gasteiger partial charge on any atom is 0.407 e. The zero-order chi connectivity index (χ0) is 20.4. The van der Waals surface area contributed by atoms with Crippen molar-refractivity contribution in [1.82, 2.24) is 14.7 Å². The number of carbonyl (C=O) groups is 2. The minimum absolute atomic E-state index is 0.0393. The van der Waals surface area contributed by atoms with E-state index in [-0.39, 0.29) is 22.6 Å². The molecule has 0 atom stereocenters. The Morgan fingerprint density at radius 3 is 2.43 bits per heavy atom. The maximum atomic E-state index is 12.5. The normalized spacial score (nSPS) is 14.7. The van der Waals surface area contributed by atoms with Crippen LogP contribution in [-0.2, 0) is 0 Å². The summed E-state index contributed by atoms with van der Waals surface area (Å²) in [6, 6.07) is 5.58. The molecule has 0 bridgehead atoms. The molecule has 2 amide bonds. The quantitative estimate of drug-likeness (QED) is 0.770. The van der Waals surface area contributed by atoms with Gasteiger partial charge < -0.3 is 20.5 Å². The smallest absolute Gasteiger partial charge is 0.407 e. The number of nitrogens with zero attached hydrogens (tertiary/aromatic N) is 3. The number of ether oxygens (including phenoxy) is 1. The molecule has 148 valence electrons. The molecule has 1 aliphatic heterocycles. The number of aromatic nitrogens is 2. The number of amides is 2. The van der Waals surface area contributed by atoms with Gasteiger partial charge in [0.2, 0.25) is 0 Å². The van der Waals surface area contributed by atoms with Gasteiger partial charge in [-0.3, -0.25) is 9.59 Å². The van der Waals surface area contributed by atoms with Gasteiger partial charge in [-0.1, -0.05) is 23.2 Å². The van der Waals surface area contributed by atoms with Crippen molar-refractivity contribution in [1.29, 1.82) is 0 Å². The third-order valence-corrected chi connectivity index (χ3v) is 5.02. The van der Waals surface area contributed by atoms with Crippen molar-refractivity contribution in [2.45, 2.75) is 18.9 Å². The largest absolute Gasteiger partial charge is 0.488 e. The van der Waals surface area contributed by atoms with E-state index in [0.29, 0.717) is 36.6 Å². The number of carbonyl (C=O) groups excluding carboxylic acids is 1.